The molecule has 0 fully saturated rings. The Hall–Kier alpha value is -4.01. The molecule has 37 heavy (non-hydrogen) atoms. The van der Waals surface area contributed by atoms with Crippen molar-refractivity contribution in [1.82, 2.24) is 14.5 Å². The standard InChI is InChI=1S/C28H25ClFN5O2/c1-33(2)15-18-9-10-19-16-35(25-8-4-3-6-17(25)14-34(18)19)28(37)20-7-5-11-32-26(20)22-12-21(27(31)36)23(29)13-24(22)30/h3-13H,14-16H2,1-2H3,(H2,31,36). The highest BCUT2D eigenvalue weighted by Gasteiger charge is 2.29. The number of anilines is 1. The summed E-state index contributed by atoms with van der Waals surface area (Å²) in [6, 6.07) is 17.4. The summed E-state index contributed by atoms with van der Waals surface area (Å²) in [5.41, 5.74) is 9.55. The van der Waals surface area contributed by atoms with E-state index in [0.717, 1.165) is 35.2 Å². The third kappa shape index (κ3) is 4.61. The van der Waals surface area contributed by atoms with E-state index in [2.05, 4.69) is 20.5 Å². The molecular formula is C28H25ClFN5O2. The largest absolute Gasteiger partial charge is 0.366 e. The lowest BCUT2D eigenvalue weighted by Gasteiger charge is -2.24. The predicted molar refractivity (Wildman–Crippen MR) is 141 cm³/mol. The average Bonchev–Trinajstić information content (AvgIpc) is 3.13. The van der Waals surface area contributed by atoms with Crippen LogP contribution in [0.15, 0.2) is 66.9 Å². The number of pyridine rings is 1. The molecule has 3 heterocycles. The van der Waals surface area contributed by atoms with Gasteiger partial charge in [0.25, 0.3) is 5.91 Å². The Balaban J connectivity index is 1.62. The molecule has 1 aliphatic heterocycles. The minimum absolute atomic E-state index is 0.0260. The summed E-state index contributed by atoms with van der Waals surface area (Å²) in [5.74, 6) is -1.85. The fraction of sp³-hybridized carbons (Fsp3) is 0.179. The molecule has 0 saturated heterocycles. The monoisotopic (exact) mass is 517 g/mol. The maximum absolute atomic E-state index is 15.1. The lowest BCUT2D eigenvalue weighted by Crippen LogP contribution is -2.31. The van der Waals surface area contributed by atoms with E-state index in [1.807, 2.05) is 44.4 Å². The lowest BCUT2D eigenvalue weighted by molar-refractivity contribution is 0.0982. The van der Waals surface area contributed by atoms with Gasteiger partial charge in [0.2, 0.25) is 5.91 Å². The number of primary amides is 1. The van der Waals surface area contributed by atoms with E-state index in [0.29, 0.717) is 13.1 Å². The van der Waals surface area contributed by atoms with Crippen molar-refractivity contribution in [3.63, 3.8) is 0 Å². The first-order chi connectivity index (χ1) is 17.7. The van der Waals surface area contributed by atoms with Crippen LogP contribution in [0.5, 0.6) is 0 Å². The fourth-order valence-corrected chi connectivity index (χ4v) is 4.97. The van der Waals surface area contributed by atoms with Crippen LogP contribution in [0.1, 0.15) is 37.7 Å². The zero-order valence-electron chi connectivity index (χ0n) is 20.4. The summed E-state index contributed by atoms with van der Waals surface area (Å²) >= 11 is 6.02. The number of carbonyl (C=O) groups excluding carboxylic acids is 2. The Morgan fingerprint density at radius 1 is 1.05 bits per heavy atom. The van der Waals surface area contributed by atoms with Crippen LogP contribution in [0.25, 0.3) is 11.3 Å². The summed E-state index contributed by atoms with van der Waals surface area (Å²) < 4.78 is 17.3. The smallest absolute Gasteiger partial charge is 0.260 e. The number of halogens is 2. The van der Waals surface area contributed by atoms with Crippen LogP contribution in [-0.2, 0) is 19.6 Å². The molecule has 2 aromatic carbocycles. The van der Waals surface area contributed by atoms with Gasteiger partial charge in [-0.25, -0.2) is 4.39 Å². The lowest BCUT2D eigenvalue weighted by atomic mass is 10.0. The highest BCUT2D eigenvalue weighted by molar-refractivity contribution is 6.34. The van der Waals surface area contributed by atoms with Crippen LogP contribution in [0.3, 0.4) is 0 Å². The van der Waals surface area contributed by atoms with Gasteiger partial charge in [-0.15, -0.1) is 0 Å². The van der Waals surface area contributed by atoms with Crippen LogP contribution >= 0.6 is 11.6 Å². The Bertz CT molecular complexity index is 1530. The molecule has 2 amide bonds. The predicted octanol–water partition coefficient (Wildman–Crippen LogP) is 4.71. The van der Waals surface area contributed by atoms with Gasteiger partial charge in [-0.05, 0) is 62.1 Å². The molecule has 2 aromatic heterocycles. The number of carbonyl (C=O) groups is 2. The Kier molecular flexibility index (Phi) is 6.54. The number of nitrogens with two attached hydrogens (primary N) is 1. The van der Waals surface area contributed by atoms with Crippen LogP contribution in [0.4, 0.5) is 10.1 Å². The van der Waals surface area contributed by atoms with Gasteiger partial charge in [-0.2, -0.15) is 0 Å². The quantitative estimate of drug-likeness (QED) is 0.415. The molecule has 0 saturated carbocycles. The number of fused-ring (bicyclic) bond motifs is 2. The van der Waals surface area contributed by atoms with E-state index in [1.165, 1.54) is 12.3 Å². The van der Waals surface area contributed by atoms with E-state index in [1.54, 1.807) is 17.0 Å². The Morgan fingerprint density at radius 2 is 1.84 bits per heavy atom. The Morgan fingerprint density at radius 3 is 2.59 bits per heavy atom. The van der Waals surface area contributed by atoms with Crippen LogP contribution in [-0.4, -0.2) is 40.4 Å². The van der Waals surface area contributed by atoms with Gasteiger partial charge in [-0.3, -0.25) is 14.6 Å². The Labute approximate surface area is 218 Å². The maximum atomic E-state index is 15.1. The van der Waals surface area contributed by atoms with Crippen molar-refractivity contribution >= 4 is 29.1 Å². The summed E-state index contributed by atoms with van der Waals surface area (Å²) in [7, 11) is 4.04. The number of aromatic nitrogens is 2. The summed E-state index contributed by atoms with van der Waals surface area (Å²) in [6.45, 7) is 1.72. The highest BCUT2D eigenvalue weighted by Crippen LogP contribution is 2.34. The molecule has 7 nitrogen and oxygen atoms in total. The molecule has 0 unspecified atom stereocenters. The highest BCUT2D eigenvalue weighted by atomic mass is 35.5. The molecule has 5 rings (SSSR count). The number of para-hydroxylation sites is 1. The summed E-state index contributed by atoms with van der Waals surface area (Å²) in [5, 5.41) is -0.103. The molecule has 9 heteroatoms. The third-order valence-corrected chi connectivity index (χ3v) is 6.74. The molecule has 2 N–H and O–H groups in total. The zero-order chi connectivity index (χ0) is 26.3. The van der Waals surface area contributed by atoms with E-state index in [4.69, 9.17) is 17.3 Å². The molecule has 0 radical (unpaired) electrons. The van der Waals surface area contributed by atoms with Crippen LogP contribution in [0, 0.1) is 5.82 Å². The summed E-state index contributed by atoms with van der Waals surface area (Å²) in [6.07, 6.45) is 1.47. The first-order valence-corrected chi connectivity index (χ1v) is 12.1. The first-order valence-electron chi connectivity index (χ1n) is 11.7. The molecule has 1 aliphatic rings. The summed E-state index contributed by atoms with van der Waals surface area (Å²) in [4.78, 5) is 34.1. The van der Waals surface area contributed by atoms with Gasteiger partial charge in [-0.1, -0.05) is 29.8 Å². The zero-order valence-corrected chi connectivity index (χ0v) is 21.2. The van der Waals surface area contributed by atoms with Gasteiger partial charge in [0.1, 0.15) is 5.82 Å². The van der Waals surface area contributed by atoms with Gasteiger partial charge >= 0.3 is 0 Å². The number of hydrogen-bond acceptors (Lipinski definition) is 4. The first kappa shape index (κ1) is 24.7. The van der Waals surface area contributed by atoms with Crippen molar-refractivity contribution < 1.29 is 14.0 Å². The second-order valence-corrected chi connectivity index (χ2v) is 9.64. The van der Waals surface area contributed by atoms with Gasteiger partial charge in [0.05, 0.1) is 28.4 Å². The van der Waals surface area contributed by atoms with Crippen molar-refractivity contribution in [1.29, 1.82) is 0 Å². The maximum Gasteiger partial charge on any atom is 0.260 e. The van der Waals surface area contributed by atoms with E-state index >= 15 is 4.39 Å². The molecule has 0 bridgehead atoms. The topological polar surface area (TPSA) is 84.5 Å². The second-order valence-electron chi connectivity index (χ2n) is 9.24. The number of benzene rings is 2. The van der Waals surface area contributed by atoms with Crippen molar-refractivity contribution in [3.05, 3.63) is 106 Å². The van der Waals surface area contributed by atoms with Gasteiger partial charge < -0.3 is 20.1 Å². The molecule has 188 valence electrons. The number of rotatable bonds is 5. The minimum atomic E-state index is -0.800. The van der Waals surface area contributed by atoms with Crippen molar-refractivity contribution in [2.24, 2.45) is 5.73 Å². The van der Waals surface area contributed by atoms with Crippen LogP contribution in [0.2, 0.25) is 5.02 Å². The van der Waals surface area contributed by atoms with Crippen molar-refractivity contribution in [3.8, 4) is 11.3 Å². The van der Waals surface area contributed by atoms with Gasteiger partial charge in [0, 0.05) is 41.9 Å². The minimum Gasteiger partial charge on any atom is -0.366 e. The van der Waals surface area contributed by atoms with Crippen LogP contribution < -0.4 is 10.6 Å². The van der Waals surface area contributed by atoms with Crippen molar-refractivity contribution in [2.75, 3.05) is 19.0 Å². The number of amides is 2. The number of nitrogens with zero attached hydrogens (tertiary/aromatic N) is 4. The van der Waals surface area contributed by atoms with Crippen molar-refractivity contribution in [2.45, 2.75) is 19.6 Å². The molecular weight excluding hydrogens is 493 g/mol. The number of hydrogen-bond donors (Lipinski definition) is 1. The normalized spacial score (nSPS) is 12.7. The molecule has 0 atom stereocenters. The molecule has 4 aromatic rings. The van der Waals surface area contributed by atoms with E-state index in [9.17, 15) is 9.59 Å². The van der Waals surface area contributed by atoms with Gasteiger partial charge in [0.15, 0.2) is 0 Å². The molecule has 0 spiro atoms. The SMILES string of the molecule is CN(C)Cc1ccc2n1Cc1ccccc1N(C(=O)c1cccnc1-c1cc(C(N)=O)c(Cl)cc1F)C2. The average molecular weight is 518 g/mol. The second kappa shape index (κ2) is 9.80. The third-order valence-electron chi connectivity index (χ3n) is 6.43. The van der Waals surface area contributed by atoms with E-state index < -0.39 is 11.7 Å². The fourth-order valence-electron chi connectivity index (χ4n) is 4.72. The van der Waals surface area contributed by atoms with E-state index in [-0.39, 0.29) is 33.3 Å². The molecule has 0 aliphatic carbocycles.